The summed E-state index contributed by atoms with van der Waals surface area (Å²) in [6.07, 6.45) is 5.34. The fraction of sp³-hybridized carbons (Fsp3) is 0.545. The lowest BCUT2D eigenvalue weighted by Gasteiger charge is -2.24. The van der Waals surface area contributed by atoms with Crippen molar-refractivity contribution < 1.29 is 9.53 Å². The first-order valence-electron chi connectivity index (χ1n) is 4.76. The molecule has 1 saturated heterocycles. The maximum atomic E-state index is 11.5. The summed E-state index contributed by atoms with van der Waals surface area (Å²) in [5.74, 6) is 0. The minimum Gasteiger partial charge on any atom is -0.441 e. The highest BCUT2D eigenvalue weighted by atomic mass is 16.6. The fourth-order valence-electron chi connectivity index (χ4n) is 1.65. The Morgan fingerprint density at radius 2 is 2.29 bits per heavy atom. The third-order valence-corrected chi connectivity index (χ3v) is 2.39. The number of cyclic esters (lactones) is 1. The number of carbonyl (C=O) groups is 1. The Hall–Kier alpha value is -1.25. The number of ether oxygens (including phenoxy) is 1. The Morgan fingerprint density at radius 1 is 1.64 bits per heavy atom. The average molecular weight is 195 g/mol. The van der Waals surface area contributed by atoms with E-state index in [-0.39, 0.29) is 12.1 Å². The summed E-state index contributed by atoms with van der Waals surface area (Å²) in [5, 5.41) is 0. The normalized spacial score (nSPS) is 25.5. The van der Waals surface area contributed by atoms with Crippen LogP contribution in [0.5, 0.6) is 0 Å². The zero-order chi connectivity index (χ0) is 10.8. The van der Waals surface area contributed by atoms with E-state index >= 15 is 0 Å². The molecule has 14 heavy (non-hydrogen) atoms. The Morgan fingerprint density at radius 3 is 2.79 bits per heavy atom. The molecule has 0 N–H and O–H groups in total. The number of hydrogen-bond donors (Lipinski definition) is 0. The highest BCUT2D eigenvalue weighted by Crippen LogP contribution is 2.29. The minimum atomic E-state index is -0.472. The van der Waals surface area contributed by atoms with Gasteiger partial charge in [0, 0.05) is 6.54 Å². The molecule has 1 atom stereocenters. The second-order valence-corrected chi connectivity index (χ2v) is 3.87. The summed E-state index contributed by atoms with van der Waals surface area (Å²) >= 11 is 0. The van der Waals surface area contributed by atoms with Gasteiger partial charge in [0.1, 0.15) is 5.60 Å². The molecule has 1 rings (SSSR count). The molecule has 0 aromatic rings. The largest absolute Gasteiger partial charge is 0.441 e. The molecule has 0 aliphatic carbocycles. The van der Waals surface area contributed by atoms with Gasteiger partial charge in [-0.2, -0.15) is 0 Å². The smallest absolute Gasteiger partial charge is 0.411 e. The molecule has 3 nitrogen and oxygen atoms in total. The standard InChI is InChI=1S/C11H17NO2/c1-5-7-8-12-9(6-2)11(3,4)14-10(12)13/h5-7,9H,2,8H2,1,3-4H3/b7-5+. The van der Waals surface area contributed by atoms with E-state index in [1.165, 1.54) is 0 Å². The summed E-state index contributed by atoms with van der Waals surface area (Å²) in [5.41, 5.74) is -0.472. The summed E-state index contributed by atoms with van der Waals surface area (Å²) in [6, 6.07) is -0.0498. The third-order valence-electron chi connectivity index (χ3n) is 2.39. The van der Waals surface area contributed by atoms with Crippen LogP contribution >= 0.6 is 0 Å². The van der Waals surface area contributed by atoms with Crippen molar-refractivity contribution >= 4 is 6.09 Å². The second kappa shape index (κ2) is 3.86. The molecule has 3 heteroatoms. The van der Waals surface area contributed by atoms with Gasteiger partial charge in [-0.05, 0) is 20.8 Å². The van der Waals surface area contributed by atoms with Gasteiger partial charge in [0.05, 0.1) is 6.04 Å². The molecule has 1 heterocycles. The van der Waals surface area contributed by atoms with E-state index < -0.39 is 5.60 Å². The van der Waals surface area contributed by atoms with Gasteiger partial charge >= 0.3 is 6.09 Å². The topological polar surface area (TPSA) is 29.5 Å². The average Bonchev–Trinajstić information content (AvgIpc) is 2.31. The van der Waals surface area contributed by atoms with Crippen LogP contribution in [0.3, 0.4) is 0 Å². The number of allylic oxidation sites excluding steroid dienone is 1. The molecule has 0 bridgehead atoms. The Balaban J connectivity index is 2.83. The lowest BCUT2D eigenvalue weighted by molar-refractivity contribution is 0.0765. The van der Waals surface area contributed by atoms with Crippen LogP contribution in [0.4, 0.5) is 4.79 Å². The van der Waals surface area contributed by atoms with Crippen molar-refractivity contribution in [2.45, 2.75) is 32.4 Å². The van der Waals surface area contributed by atoms with Crippen molar-refractivity contribution in [2.24, 2.45) is 0 Å². The quantitative estimate of drug-likeness (QED) is 0.647. The fourth-order valence-corrected chi connectivity index (χ4v) is 1.65. The molecule has 0 aromatic carbocycles. The Labute approximate surface area is 85.0 Å². The molecule has 1 amide bonds. The van der Waals surface area contributed by atoms with Crippen molar-refractivity contribution in [3.63, 3.8) is 0 Å². The molecule has 1 fully saturated rings. The molecule has 1 aliphatic heterocycles. The SMILES string of the molecule is C=CC1N(C/C=C/C)C(=O)OC1(C)C. The zero-order valence-electron chi connectivity index (χ0n) is 8.99. The predicted molar refractivity (Wildman–Crippen MR) is 56.1 cm³/mol. The summed E-state index contributed by atoms with van der Waals surface area (Å²) in [7, 11) is 0. The minimum absolute atomic E-state index is 0.0498. The van der Waals surface area contributed by atoms with Crippen LogP contribution in [-0.4, -0.2) is 29.2 Å². The molecule has 78 valence electrons. The van der Waals surface area contributed by atoms with Gasteiger partial charge in [-0.1, -0.05) is 18.2 Å². The molecule has 0 saturated carbocycles. The number of amides is 1. The highest BCUT2D eigenvalue weighted by Gasteiger charge is 2.45. The summed E-state index contributed by atoms with van der Waals surface area (Å²) < 4.78 is 5.24. The van der Waals surface area contributed by atoms with Crippen molar-refractivity contribution in [3.8, 4) is 0 Å². The lowest BCUT2D eigenvalue weighted by atomic mass is 9.99. The number of carbonyl (C=O) groups excluding carboxylic acids is 1. The van der Waals surface area contributed by atoms with E-state index in [1.54, 1.807) is 11.0 Å². The van der Waals surface area contributed by atoms with Gasteiger partial charge in [0.2, 0.25) is 0 Å². The molecular weight excluding hydrogens is 178 g/mol. The molecule has 0 aromatic heterocycles. The number of hydrogen-bond acceptors (Lipinski definition) is 2. The second-order valence-electron chi connectivity index (χ2n) is 3.87. The monoisotopic (exact) mass is 195 g/mol. The molecule has 0 radical (unpaired) electrons. The van der Waals surface area contributed by atoms with Gasteiger partial charge in [-0.3, -0.25) is 4.90 Å². The molecular formula is C11H17NO2. The molecule has 0 spiro atoms. The van der Waals surface area contributed by atoms with Crippen LogP contribution in [0.1, 0.15) is 20.8 Å². The third kappa shape index (κ3) is 1.81. The van der Waals surface area contributed by atoms with E-state index in [2.05, 4.69) is 6.58 Å². The lowest BCUT2D eigenvalue weighted by Crippen LogP contribution is -2.39. The van der Waals surface area contributed by atoms with Crippen LogP contribution in [0.25, 0.3) is 0 Å². The molecule has 1 aliphatic rings. The number of rotatable bonds is 3. The van der Waals surface area contributed by atoms with Gasteiger partial charge in [-0.25, -0.2) is 4.79 Å². The van der Waals surface area contributed by atoms with Crippen LogP contribution in [0, 0.1) is 0 Å². The van der Waals surface area contributed by atoms with Crippen LogP contribution < -0.4 is 0 Å². The van der Waals surface area contributed by atoms with E-state index in [1.807, 2.05) is 32.9 Å². The van der Waals surface area contributed by atoms with Crippen molar-refractivity contribution in [1.29, 1.82) is 0 Å². The van der Waals surface area contributed by atoms with Crippen LogP contribution in [0.15, 0.2) is 24.8 Å². The van der Waals surface area contributed by atoms with Gasteiger partial charge in [0.25, 0.3) is 0 Å². The van der Waals surface area contributed by atoms with E-state index in [9.17, 15) is 4.79 Å². The Bertz CT molecular complexity index is 268. The predicted octanol–water partition coefficient (Wildman–Crippen LogP) is 2.35. The summed E-state index contributed by atoms with van der Waals surface area (Å²) in [6.45, 7) is 10.0. The van der Waals surface area contributed by atoms with Crippen LogP contribution in [0.2, 0.25) is 0 Å². The van der Waals surface area contributed by atoms with Crippen molar-refractivity contribution in [2.75, 3.05) is 6.54 Å². The van der Waals surface area contributed by atoms with E-state index in [0.717, 1.165) is 0 Å². The summed E-state index contributed by atoms with van der Waals surface area (Å²) in [4.78, 5) is 13.2. The molecule has 1 unspecified atom stereocenters. The van der Waals surface area contributed by atoms with Gasteiger partial charge < -0.3 is 4.74 Å². The first kappa shape index (κ1) is 10.8. The zero-order valence-corrected chi connectivity index (χ0v) is 8.99. The Kier molecular flexibility index (Phi) is 2.99. The van der Waals surface area contributed by atoms with Crippen molar-refractivity contribution in [1.82, 2.24) is 4.90 Å². The maximum absolute atomic E-state index is 11.5. The number of nitrogens with zero attached hydrogens (tertiary/aromatic N) is 1. The van der Waals surface area contributed by atoms with E-state index in [4.69, 9.17) is 4.74 Å². The van der Waals surface area contributed by atoms with E-state index in [0.29, 0.717) is 6.54 Å². The van der Waals surface area contributed by atoms with Crippen molar-refractivity contribution in [3.05, 3.63) is 24.8 Å². The highest BCUT2D eigenvalue weighted by molar-refractivity contribution is 5.72. The van der Waals surface area contributed by atoms with Gasteiger partial charge in [0.15, 0.2) is 0 Å². The van der Waals surface area contributed by atoms with Gasteiger partial charge in [-0.15, -0.1) is 6.58 Å². The van der Waals surface area contributed by atoms with Crippen LogP contribution in [-0.2, 0) is 4.74 Å². The maximum Gasteiger partial charge on any atom is 0.411 e. The first-order valence-corrected chi connectivity index (χ1v) is 4.76. The first-order chi connectivity index (χ1) is 6.53.